The number of para-hydroxylation sites is 1. The van der Waals surface area contributed by atoms with Crippen LogP contribution in [0.2, 0.25) is 0 Å². The van der Waals surface area contributed by atoms with Gasteiger partial charge in [0, 0.05) is 12.4 Å². The van der Waals surface area contributed by atoms with Crippen molar-refractivity contribution < 1.29 is 4.79 Å². The molecule has 23 heavy (non-hydrogen) atoms. The van der Waals surface area contributed by atoms with Gasteiger partial charge in [0.2, 0.25) is 0 Å². The molecule has 0 saturated carbocycles. The molecular weight excluding hydrogens is 310 g/mol. The van der Waals surface area contributed by atoms with Crippen molar-refractivity contribution in [2.45, 2.75) is 13.0 Å². The largest absolute Gasteiger partial charge is 0.350 e. The lowest BCUT2D eigenvalue weighted by molar-refractivity contribution is -0.121. The summed E-state index contributed by atoms with van der Waals surface area (Å²) in [4.78, 5) is 20.4. The second-order valence-electron chi connectivity index (χ2n) is 4.87. The second-order valence-corrected chi connectivity index (χ2v) is 5.90. The van der Waals surface area contributed by atoms with Crippen LogP contribution >= 0.6 is 11.3 Å². The van der Waals surface area contributed by atoms with Crippen molar-refractivity contribution in [3.8, 4) is 0 Å². The van der Waals surface area contributed by atoms with Gasteiger partial charge >= 0.3 is 0 Å². The maximum atomic E-state index is 12.0. The van der Waals surface area contributed by atoms with Crippen molar-refractivity contribution in [1.29, 1.82) is 0 Å². The van der Waals surface area contributed by atoms with E-state index in [4.69, 9.17) is 0 Å². The summed E-state index contributed by atoms with van der Waals surface area (Å²) in [5, 5.41) is 7.74. The van der Waals surface area contributed by atoms with Crippen LogP contribution in [0.5, 0.6) is 0 Å². The van der Waals surface area contributed by atoms with Gasteiger partial charge in [0.25, 0.3) is 5.91 Å². The lowest BCUT2D eigenvalue weighted by Crippen LogP contribution is -2.34. The molecule has 2 N–H and O–H groups in total. The summed E-state index contributed by atoms with van der Waals surface area (Å²) in [6.45, 7) is 1.77. The first-order valence-corrected chi connectivity index (χ1v) is 7.89. The fourth-order valence-corrected chi connectivity index (χ4v) is 2.85. The average Bonchev–Trinajstić information content (AvgIpc) is 2.98. The van der Waals surface area contributed by atoms with E-state index in [0.717, 1.165) is 15.8 Å². The highest BCUT2D eigenvalue weighted by atomic mass is 32.1. The van der Waals surface area contributed by atoms with Gasteiger partial charge in [0.15, 0.2) is 5.13 Å². The topological polar surface area (TPSA) is 79.3 Å². The second kappa shape index (κ2) is 6.97. The molecule has 3 aromatic rings. The third kappa shape index (κ3) is 3.89. The number of aromatic nitrogens is 2. The Bertz CT molecular complexity index is 798. The van der Waals surface area contributed by atoms with E-state index in [-0.39, 0.29) is 5.91 Å². The Kier molecular flexibility index (Phi) is 4.58. The smallest absolute Gasteiger partial charge is 0.262 e. The molecule has 0 spiro atoms. The number of pyridine rings is 1. The van der Waals surface area contributed by atoms with Gasteiger partial charge in [-0.25, -0.2) is 10.4 Å². The van der Waals surface area contributed by atoms with Gasteiger partial charge in [-0.3, -0.25) is 9.78 Å². The normalized spacial score (nSPS) is 12.4. The van der Waals surface area contributed by atoms with Crippen molar-refractivity contribution in [3.63, 3.8) is 0 Å². The number of benzene rings is 1. The number of hydrazone groups is 1. The standard InChI is InChI=1S/C16H15N5OS/c1-11(15(22)21-18-10-12-6-8-17-9-7-12)19-16-20-13-4-2-3-5-14(13)23-16/h2-11H,1H3,(H,19,20)(H,21,22)/b18-10-/t11-/m0/s1. The molecule has 7 heteroatoms. The number of amides is 1. The molecular formula is C16H15N5OS. The number of nitrogens with one attached hydrogen (secondary N) is 2. The molecule has 1 atom stereocenters. The summed E-state index contributed by atoms with van der Waals surface area (Å²) in [5.41, 5.74) is 4.30. The Morgan fingerprint density at radius 1 is 1.26 bits per heavy atom. The minimum Gasteiger partial charge on any atom is -0.350 e. The molecule has 0 bridgehead atoms. The van der Waals surface area contributed by atoms with E-state index in [1.165, 1.54) is 11.3 Å². The highest BCUT2D eigenvalue weighted by molar-refractivity contribution is 7.22. The lowest BCUT2D eigenvalue weighted by atomic mass is 10.3. The van der Waals surface area contributed by atoms with Crippen LogP contribution in [0.3, 0.4) is 0 Å². The number of hydrogen-bond acceptors (Lipinski definition) is 6. The zero-order chi connectivity index (χ0) is 16.1. The Labute approximate surface area is 137 Å². The van der Waals surface area contributed by atoms with Crippen LogP contribution in [-0.4, -0.2) is 28.1 Å². The van der Waals surface area contributed by atoms with E-state index < -0.39 is 6.04 Å². The van der Waals surface area contributed by atoms with Gasteiger partial charge in [-0.2, -0.15) is 5.10 Å². The number of fused-ring (bicyclic) bond motifs is 1. The van der Waals surface area contributed by atoms with E-state index in [1.807, 2.05) is 24.3 Å². The molecule has 0 radical (unpaired) electrons. The number of hydrogen-bond donors (Lipinski definition) is 2. The number of carbonyl (C=O) groups excluding carboxylic acids is 1. The molecule has 0 saturated heterocycles. The van der Waals surface area contributed by atoms with E-state index in [2.05, 4.69) is 25.8 Å². The number of rotatable bonds is 5. The van der Waals surface area contributed by atoms with E-state index in [0.29, 0.717) is 5.13 Å². The van der Waals surface area contributed by atoms with Crippen molar-refractivity contribution in [2.75, 3.05) is 5.32 Å². The summed E-state index contributed by atoms with van der Waals surface area (Å²) < 4.78 is 1.08. The molecule has 0 aliphatic heterocycles. The zero-order valence-corrected chi connectivity index (χ0v) is 13.2. The number of nitrogens with zero attached hydrogens (tertiary/aromatic N) is 3. The first kappa shape index (κ1) is 15.1. The third-order valence-corrected chi connectivity index (χ3v) is 4.09. The van der Waals surface area contributed by atoms with Crippen LogP contribution in [0.25, 0.3) is 10.2 Å². The summed E-state index contributed by atoms with van der Waals surface area (Å²) in [5.74, 6) is -0.227. The summed E-state index contributed by atoms with van der Waals surface area (Å²) >= 11 is 1.52. The first-order chi connectivity index (χ1) is 11.2. The third-order valence-electron chi connectivity index (χ3n) is 3.12. The average molecular weight is 325 g/mol. The minimum atomic E-state index is -0.440. The molecule has 0 unspecified atom stereocenters. The molecule has 0 fully saturated rings. The lowest BCUT2D eigenvalue weighted by Gasteiger charge is -2.10. The van der Waals surface area contributed by atoms with Gasteiger partial charge < -0.3 is 5.32 Å². The summed E-state index contributed by atoms with van der Waals surface area (Å²) in [6, 6.07) is 11.0. The fraction of sp³-hybridized carbons (Fsp3) is 0.125. The molecule has 0 aliphatic carbocycles. The molecule has 2 heterocycles. The van der Waals surface area contributed by atoms with Crippen molar-refractivity contribution >= 4 is 38.8 Å². The Morgan fingerprint density at radius 3 is 2.83 bits per heavy atom. The summed E-state index contributed by atoms with van der Waals surface area (Å²) in [6.07, 6.45) is 4.91. The maximum absolute atomic E-state index is 12.0. The van der Waals surface area contributed by atoms with Crippen LogP contribution in [0.15, 0.2) is 53.9 Å². The van der Waals surface area contributed by atoms with Crippen LogP contribution < -0.4 is 10.7 Å². The summed E-state index contributed by atoms with van der Waals surface area (Å²) in [7, 11) is 0. The number of thiazole rings is 1. The van der Waals surface area contributed by atoms with Crippen LogP contribution in [-0.2, 0) is 4.79 Å². The molecule has 6 nitrogen and oxygen atoms in total. The van der Waals surface area contributed by atoms with E-state index >= 15 is 0 Å². The predicted octanol–water partition coefficient (Wildman–Crippen LogP) is 2.64. The molecule has 2 aromatic heterocycles. The van der Waals surface area contributed by atoms with Gasteiger partial charge in [-0.15, -0.1) is 0 Å². The molecule has 0 aliphatic rings. The molecule has 116 valence electrons. The van der Waals surface area contributed by atoms with E-state index in [9.17, 15) is 4.79 Å². The van der Waals surface area contributed by atoms with Gasteiger partial charge in [0.1, 0.15) is 6.04 Å². The SMILES string of the molecule is C[C@H](Nc1nc2ccccc2s1)C(=O)N/N=C\c1ccncc1. The van der Waals surface area contributed by atoms with Crippen LogP contribution in [0, 0.1) is 0 Å². The van der Waals surface area contributed by atoms with E-state index in [1.54, 1.807) is 37.7 Å². The van der Waals surface area contributed by atoms with Crippen LogP contribution in [0.4, 0.5) is 5.13 Å². The highest BCUT2D eigenvalue weighted by Gasteiger charge is 2.13. The maximum Gasteiger partial charge on any atom is 0.262 e. The van der Waals surface area contributed by atoms with Gasteiger partial charge in [-0.05, 0) is 36.8 Å². The molecule has 1 amide bonds. The Morgan fingerprint density at radius 2 is 2.04 bits per heavy atom. The first-order valence-electron chi connectivity index (χ1n) is 7.07. The number of carbonyl (C=O) groups is 1. The van der Waals surface area contributed by atoms with Gasteiger partial charge in [0.05, 0.1) is 16.4 Å². The quantitative estimate of drug-likeness (QED) is 0.558. The van der Waals surface area contributed by atoms with Crippen molar-refractivity contribution in [2.24, 2.45) is 5.10 Å². The van der Waals surface area contributed by atoms with Crippen molar-refractivity contribution in [1.82, 2.24) is 15.4 Å². The van der Waals surface area contributed by atoms with Crippen LogP contribution in [0.1, 0.15) is 12.5 Å². The monoisotopic (exact) mass is 325 g/mol. The minimum absolute atomic E-state index is 0.227. The highest BCUT2D eigenvalue weighted by Crippen LogP contribution is 2.25. The predicted molar refractivity (Wildman–Crippen MR) is 92.7 cm³/mol. The van der Waals surface area contributed by atoms with Gasteiger partial charge in [-0.1, -0.05) is 23.5 Å². The zero-order valence-electron chi connectivity index (χ0n) is 12.4. The Balaban J connectivity index is 1.58. The van der Waals surface area contributed by atoms with Crippen molar-refractivity contribution in [3.05, 3.63) is 54.4 Å². The molecule has 1 aromatic carbocycles. The fourth-order valence-electron chi connectivity index (χ4n) is 1.90. The number of anilines is 1. The molecule has 3 rings (SSSR count). The Hall–Kier alpha value is -2.80.